The number of hydrogen-bond donors (Lipinski definition) is 0. The van der Waals surface area contributed by atoms with Crippen molar-refractivity contribution in [3.8, 4) is 5.75 Å². The number of hydrogen-bond acceptors (Lipinski definition) is 3. The zero-order chi connectivity index (χ0) is 14.0. The normalized spacial score (nSPS) is 15.8. The number of carbonyl (C=O) groups is 1. The van der Waals surface area contributed by atoms with Crippen LogP contribution in [-0.4, -0.2) is 19.2 Å². The molecule has 0 saturated heterocycles. The topological polar surface area (TPSA) is 35.5 Å². The van der Waals surface area contributed by atoms with Gasteiger partial charge in [-0.15, -0.1) is 0 Å². The summed E-state index contributed by atoms with van der Waals surface area (Å²) in [6.45, 7) is 0.748. The summed E-state index contributed by atoms with van der Waals surface area (Å²) in [5.41, 5.74) is 0. The highest BCUT2D eigenvalue weighted by Crippen LogP contribution is 2.27. The summed E-state index contributed by atoms with van der Waals surface area (Å²) in [4.78, 5) is 11.6. The van der Waals surface area contributed by atoms with E-state index < -0.39 is 0 Å². The summed E-state index contributed by atoms with van der Waals surface area (Å²) < 4.78 is 10.7. The Morgan fingerprint density at radius 3 is 2.55 bits per heavy atom. The molecule has 110 valence electrons. The number of carbonyl (C=O) groups excluding carboxylic acids is 1. The van der Waals surface area contributed by atoms with Crippen molar-refractivity contribution in [2.45, 2.75) is 44.9 Å². The van der Waals surface area contributed by atoms with E-state index in [-0.39, 0.29) is 5.97 Å². The second-order valence-electron chi connectivity index (χ2n) is 5.42. The molecule has 0 atom stereocenters. The lowest BCUT2D eigenvalue weighted by Crippen LogP contribution is -2.14. The van der Waals surface area contributed by atoms with E-state index in [1.807, 2.05) is 30.3 Å². The molecule has 3 nitrogen and oxygen atoms in total. The highest BCUT2D eigenvalue weighted by atomic mass is 16.6. The Morgan fingerprint density at radius 2 is 1.80 bits per heavy atom. The Kier molecular flexibility index (Phi) is 6.42. The minimum atomic E-state index is -0.0905. The third kappa shape index (κ3) is 5.64. The van der Waals surface area contributed by atoms with Gasteiger partial charge in [0, 0.05) is 6.42 Å². The lowest BCUT2D eigenvalue weighted by molar-refractivity contribution is -0.144. The molecule has 0 N–H and O–H groups in total. The van der Waals surface area contributed by atoms with E-state index >= 15 is 0 Å². The van der Waals surface area contributed by atoms with Crippen LogP contribution in [0.4, 0.5) is 0 Å². The van der Waals surface area contributed by atoms with Crippen LogP contribution in [0.5, 0.6) is 5.75 Å². The molecule has 0 spiro atoms. The third-order valence-electron chi connectivity index (χ3n) is 3.84. The van der Waals surface area contributed by atoms with Gasteiger partial charge in [0.2, 0.25) is 0 Å². The molecule has 2 rings (SSSR count). The summed E-state index contributed by atoms with van der Waals surface area (Å²) in [5.74, 6) is 1.45. The van der Waals surface area contributed by atoms with Crippen LogP contribution >= 0.6 is 0 Å². The first-order valence-corrected chi connectivity index (χ1v) is 7.68. The molecule has 1 aliphatic rings. The van der Waals surface area contributed by atoms with E-state index in [9.17, 15) is 4.79 Å². The Labute approximate surface area is 121 Å². The van der Waals surface area contributed by atoms with Gasteiger partial charge in [-0.05, 0) is 24.5 Å². The molecule has 3 heteroatoms. The van der Waals surface area contributed by atoms with Crippen molar-refractivity contribution in [1.82, 2.24) is 0 Å². The molecule has 0 aromatic heterocycles. The fourth-order valence-corrected chi connectivity index (χ4v) is 2.70. The van der Waals surface area contributed by atoms with Gasteiger partial charge in [-0.25, -0.2) is 0 Å². The first-order valence-electron chi connectivity index (χ1n) is 7.68. The number of esters is 1. The van der Waals surface area contributed by atoms with Crippen molar-refractivity contribution in [2.75, 3.05) is 13.2 Å². The zero-order valence-corrected chi connectivity index (χ0v) is 12.1. The van der Waals surface area contributed by atoms with Crippen molar-refractivity contribution in [1.29, 1.82) is 0 Å². The van der Waals surface area contributed by atoms with Crippen molar-refractivity contribution >= 4 is 5.97 Å². The van der Waals surface area contributed by atoms with Gasteiger partial charge in [0.1, 0.15) is 19.0 Å². The largest absolute Gasteiger partial charge is 0.490 e. The first kappa shape index (κ1) is 14.9. The van der Waals surface area contributed by atoms with Gasteiger partial charge in [0.05, 0.1) is 0 Å². The van der Waals surface area contributed by atoms with Crippen molar-refractivity contribution in [3.05, 3.63) is 30.3 Å². The first-order chi connectivity index (χ1) is 9.84. The van der Waals surface area contributed by atoms with E-state index in [2.05, 4.69) is 0 Å². The van der Waals surface area contributed by atoms with Crippen LogP contribution in [0.25, 0.3) is 0 Å². The maximum absolute atomic E-state index is 11.6. The van der Waals surface area contributed by atoms with Crippen molar-refractivity contribution in [2.24, 2.45) is 5.92 Å². The average Bonchev–Trinajstić information content (AvgIpc) is 2.52. The van der Waals surface area contributed by atoms with E-state index in [0.29, 0.717) is 19.6 Å². The van der Waals surface area contributed by atoms with Gasteiger partial charge in [0.25, 0.3) is 0 Å². The highest BCUT2D eigenvalue weighted by Gasteiger charge is 2.15. The maximum atomic E-state index is 11.6. The minimum absolute atomic E-state index is 0.0905. The van der Waals surface area contributed by atoms with E-state index in [0.717, 1.165) is 18.1 Å². The Balaban J connectivity index is 1.51. The molecule has 0 unspecified atom stereocenters. The van der Waals surface area contributed by atoms with Crippen molar-refractivity contribution in [3.63, 3.8) is 0 Å². The second kappa shape index (κ2) is 8.62. The standard InChI is InChI=1S/C17H24O3/c18-17(12-11-15-7-3-1-4-8-15)20-14-13-19-16-9-5-2-6-10-16/h2,5-6,9-10,15H,1,3-4,7-8,11-14H2. The van der Waals surface area contributed by atoms with Gasteiger partial charge in [-0.3, -0.25) is 4.79 Å². The predicted octanol–water partition coefficient (Wildman–Crippen LogP) is 3.97. The van der Waals surface area contributed by atoms with Crippen LogP contribution in [0.15, 0.2) is 30.3 Å². The molecule has 1 aliphatic carbocycles. The summed E-state index contributed by atoms with van der Waals surface area (Å²) in [5, 5.41) is 0. The van der Waals surface area contributed by atoms with E-state index in [4.69, 9.17) is 9.47 Å². The maximum Gasteiger partial charge on any atom is 0.305 e. The molecule has 20 heavy (non-hydrogen) atoms. The lowest BCUT2D eigenvalue weighted by atomic mass is 9.86. The monoisotopic (exact) mass is 276 g/mol. The average molecular weight is 276 g/mol. The van der Waals surface area contributed by atoms with Gasteiger partial charge in [-0.1, -0.05) is 50.3 Å². The zero-order valence-electron chi connectivity index (χ0n) is 12.1. The fourth-order valence-electron chi connectivity index (χ4n) is 2.70. The highest BCUT2D eigenvalue weighted by molar-refractivity contribution is 5.69. The van der Waals surface area contributed by atoms with Crippen molar-refractivity contribution < 1.29 is 14.3 Å². The SMILES string of the molecule is O=C(CCC1CCCCC1)OCCOc1ccccc1. The molecule has 1 fully saturated rings. The molecule has 1 aromatic rings. The van der Waals surface area contributed by atoms with Crippen LogP contribution in [0.2, 0.25) is 0 Å². The Bertz CT molecular complexity index is 382. The quantitative estimate of drug-likeness (QED) is 0.558. The molecule has 0 heterocycles. The number of rotatable bonds is 7. The van der Waals surface area contributed by atoms with Crippen LogP contribution in [0.3, 0.4) is 0 Å². The fraction of sp³-hybridized carbons (Fsp3) is 0.588. The summed E-state index contributed by atoms with van der Waals surface area (Å²) >= 11 is 0. The molecule has 1 saturated carbocycles. The molecule has 0 radical (unpaired) electrons. The Hall–Kier alpha value is -1.51. The van der Waals surface area contributed by atoms with Crippen LogP contribution in [0, 0.1) is 5.92 Å². The second-order valence-corrected chi connectivity index (χ2v) is 5.42. The molecular weight excluding hydrogens is 252 g/mol. The molecule has 0 amide bonds. The number of para-hydroxylation sites is 1. The lowest BCUT2D eigenvalue weighted by Gasteiger charge is -2.20. The minimum Gasteiger partial charge on any atom is -0.490 e. The van der Waals surface area contributed by atoms with E-state index in [1.54, 1.807) is 0 Å². The smallest absolute Gasteiger partial charge is 0.305 e. The Morgan fingerprint density at radius 1 is 1.05 bits per heavy atom. The van der Waals surface area contributed by atoms with Gasteiger partial charge in [0.15, 0.2) is 0 Å². The molecular formula is C17H24O3. The number of benzene rings is 1. The third-order valence-corrected chi connectivity index (χ3v) is 3.84. The molecule has 0 bridgehead atoms. The summed E-state index contributed by atoms with van der Waals surface area (Å²) in [6, 6.07) is 9.57. The van der Waals surface area contributed by atoms with E-state index in [1.165, 1.54) is 32.1 Å². The summed E-state index contributed by atoms with van der Waals surface area (Å²) in [7, 11) is 0. The van der Waals surface area contributed by atoms with Gasteiger partial charge in [-0.2, -0.15) is 0 Å². The van der Waals surface area contributed by atoms with Crippen LogP contribution in [-0.2, 0) is 9.53 Å². The van der Waals surface area contributed by atoms with Crippen LogP contribution < -0.4 is 4.74 Å². The molecule has 1 aromatic carbocycles. The van der Waals surface area contributed by atoms with Gasteiger partial charge < -0.3 is 9.47 Å². The molecule has 0 aliphatic heterocycles. The van der Waals surface area contributed by atoms with Crippen LogP contribution in [0.1, 0.15) is 44.9 Å². The van der Waals surface area contributed by atoms with Gasteiger partial charge >= 0.3 is 5.97 Å². The number of ether oxygens (including phenoxy) is 2. The summed E-state index contributed by atoms with van der Waals surface area (Å²) in [6.07, 6.45) is 8.11. The predicted molar refractivity (Wildman–Crippen MR) is 78.7 cm³/mol.